The molecule has 0 radical (unpaired) electrons. The molecule has 36 heavy (non-hydrogen) atoms. The van der Waals surface area contributed by atoms with Gasteiger partial charge in [0.05, 0.1) is 25.8 Å². The van der Waals surface area contributed by atoms with E-state index in [-0.39, 0.29) is 11.9 Å². The van der Waals surface area contributed by atoms with Gasteiger partial charge in [0, 0.05) is 54.3 Å². The number of para-hydroxylation sites is 1. The third-order valence-corrected chi connectivity index (χ3v) is 7.77. The first-order valence-corrected chi connectivity index (χ1v) is 12.9. The van der Waals surface area contributed by atoms with Crippen LogP contribution < -0.4 is 4.74 Å². The minimum absolute atomic E-state index is 0.235. The van der Waals surface area contributed by atoms with E-state index in [4.69, 9.17) is 9.73 Å². The molecule has 1 aromatic heterocycles. The molecule has 1 atom stereocenters. The van der Waals surface area contributed by atoms with E-state index in [0.29, 0.717) is 19.5 Å². The van der Waals surface area contributed by atoms with Crippen LogP contribution in [0.1, 0.15) is 51.9 Å². The molecule has 0 unspecified atom stereocenters. The summed E-state index contributed by atoms with van der Waals surface area (Å²) < 4.78 is 5.57. The van der Waals surface area contributed by atoms with Gasteiger partial charge < -0.3 is 9.64 Å². The van der Waals surface area contributed by atoms with Crippen molar-refractivity contribution in [1.29, 1.82) is 0 Å². The molecule has 0 bridgehead atoms. The first-order valence-electron chi connectivity index (χ1n) is 12.9. The van der Waals surface area contributed by atoms with Crippen LogP contribution in [-0.2, 0) is 30.8 Å². The molecule has 1 fully saturated rings. The fraction of sp³-hybridized carbons (Fsp3) is 0.367. The van der Waals surface area contributed by atoms with E-state index in [1.807, 2.05) is 31.3 Å². The number of ether oxygens (including phenoxy) is 1. The summed E-state index contributed by atoms with van der Waals surface area (Å²) in [5.74, 6) is 1.17. The number of aryl methyl sites for hydroxylation is 1. The van der Waals surface area contributed by atoms with E-state index in [1.165, 1.54) is 27.8 Å². The second kappa shape index (κ2) is 9.51. The van der Waals surface area contributed by atoms with Crippen molar-refractivity contribution < 1.29 is 9.53 Å². The molecular weight excluding hydrogens is 448 g/mol. The van der Waals surface area contributed by atoms with E-state index in [0.717, 1.165) is 55.2 Å². The average molecular weight is 481 g/mol. The van der Waals surface area contributed by atoms with Gasteiger partial charge in [0.2, 0.25) is 5.91 Å². The number of rotatable bonds is 5. The van der Waals surface area contributed by atoms with Gasteiger partial charge in [0.25, 0.3) is 0 Å². The smallest absolute Gasteiger partial charge is 0.227 e. The summed E-state index contributed by atoms with van der Waals surface area (Å²) >= 11 is 0. The number of aliphatic imine (C=N–C) groups is 1. The maximum absolute atomic E-state index is 13.3. The molecule has 0 spiro atoms. The molecule has 6 heteroatoms. The van der Waals surface area contributed by atoms with Crippen molar-refractivity contribution >= 4 is 11.6 Å². The molecule has 184 valence electrons. The number of carbonyl (C=O) groups excluding carboxylic acids is 1. The zero-order valence-corrected chi connectivity index (χ0v) is 21.0. The minimum Gasteiger partial charge on any atom is -0.496 e. The molecule has 6 nitrogen and oxygen atoms in total. The van der Waals surface area contributed by atoms with E-state index >= 15 is 0 Å². The first kappa shape index (κ1) is 22.9. The molecule has 4 heterocycles. The number of carbonyl (C=O) groups is 1. The highest BCUT2D eigenvalue weighted by Gasteiger charge is 2.33. The number of likely N-dealkylation sites (tertiary alicyclic amines) is 1. The molecule has 0 N–H and O–H groups in total. The Labute approximate surface area is 212 Å². The average Bonchev–Trinajstić information content (AvgIpc) is 3.30. The lowest BCUT2D eigenvalue weighted by molar-refractivity contribution is -0.135. The van der Waals surface area contributed by atoms with Gasteiger partial charge >= 0.3 is 0 Å². The summed E-state index contributed by atoms with van der Waals surface area (Å²) in [6, 6.07) is 17.1. The fourth-order valence-corrected chi connectivity index (χ4v) is 5.96. The van der Waals surface area contributed by atoms with E-state index < -0.39 is 0 Å². The highest BCUT2D eigenvalue weighted by molar-refractivity contribution is 6.15. The molecule has 1 amide bonds. The van der Waals surface area contributed by atoms with Crippen LogP contribution in [0.5, 0.6) is 5.75 Å². The third kappa shape index (κ3) is 4.30. The van der Waals surface area contributed by atoms with Crippen molar-refractivity contribution in [2.24, 2.45) is 4.99 Å². The normalized spacial score (nSPS) is 19.6. The Hall–Kier alpha value is -3.51. The second-order valence-corrected chi connectivity index (χ2v) is 10.2. The van der Waals surface area contributed by atoms with E-state index in [2.05, 4.69) is 45.1 Å². The summed E-state index contributed by atoms with van der Waals surface area (Å²) in [6.45, 7) is 6.16. The molecule has 1 saturated heterocycles. The number of pyridine rings is 1. The Kier molecular flexibility index (Phi) is 6.05. The largest absolute Gasteiger partial charge is 0.496 e. The number of fused-ring (bicyclic) bond motifs is 2. The van der Waals surface area contributed by atoms with Crippen molar-refractivity contribution in [2.45, 2.75) is 51.9 Å². The summed E-state index contributed by atoms with van der Waals surface area (Å²) in [4.78, 5) is 27.1. The van der Waals surface area contributed by atoms with Crippen LogP contribution in [0, 0.1) is 6.92 Å². The van der Waals surface area contributed by atoms with Crippen LogP contribution >= 0.6 is 0 Å². The van der Waals surface area contributed by atoms with Crippen LogP contribution in [-0.4, -0.2) is 52.6 Å². The lowest BCUT2D eigenvalue weighted by Gasteiger charge is -2.41. The zero-order valence-electron chi connectivity index (χ0n) is 21.0. The van der Waals surface area contributed by atoms with Crippen LogP contribution in [0.4, 0.5) is 0 Å². The Bertz CT molecular complexity index is 1350. The summed E-state index contributed by atoms with van der Waals surface area (Å²) in [5, 5.41) is 0. The van der Waals surface area contributed by atoms with Gasteiger partial charge in [-0.2, -0.15) is 0 Å². The van der Waals surface area contributed by atoms with Crippen molar-refractivity contribution in [2.75, 3.05) is 20.2 Å². The highest BCUT2D eigenvalue weighted by Crippen LogP contribution is 2.32. The Balaban J connectivity index is 1.22. The summed E-state index contributed by atoms with van der Waals surface area (Å²) in [5.41, 5.74) is 9.20. The van der Waals surface area contributed by atoms with E-state index in [9.17, 15) is 4.79 Å². The van der Waals surface area contributed by atoms with E-state index in [1.54, 1.807) is 7.11 Å². The molecular formula is C30H32N4O2. The van der Waals surface area contributed by atoms with Crippen LogP contribution in [0.15, 0.2) is 59.7 Å². The number of hydrogen-bond acceptors (Lipinski definition) is 5. The van der Waals surface area contributed by atoms with Gasteiger partial charge in [-0.05, 0) is 67.3 Å². The molecule has 3 aliphatic rings. The maximum Gasteiger partial charge on any atom is 0.227 e. The van der Waals surface area contributed by atoms with Gasteiger partial charge in [-0.1, -0.05) is 24.3 Å². The maximum atomic E-state index is 13.3. The summed E-state index contributed by atoms with van der Waals surface area (Å²) in [6.07, 6.45) is 4.48. The lowest BCUT2D eigenvalue weighted by Crippen LogP contribution is -2.51. The Morgan fingerprint density at radius 3 is 2.83 bits per heavy atom. The first-order chi connectivity index (χ1) is 17.6. The van der Waals surface area contributed by atoms with Gasteiger partial charge in [-0.15, -0.1) is 0 Å². The monoisotopic (exact) mass is 480 g/mol. The molecule has 3 aromatic rings. The second-order valence-electron chi connectivity index (χ2n) is 10.2. The van der Waals surface area contributed by atoms with Crippen LogP contribution in [0.25, 0.3) is 0 Å². The van der Waals surface area contributed by atoms with Gasteiger partial charge in [0.15, 0.2) is 0 Å². The Morgan fingerprint density at radius 1 is 1.08 bits per heavy atom. The van der Waals surface area contributed by atoms with Gasteiger partial charge in [-0.3, -0.25) is 19.7 Å². The number of benzene rings is 2. The number of amides is 1. The zero-order chi connectivity index (χ0) is 24.6. The standard InChI is InChI=1S/C30H32N4O2/c1-20-12-21(9-10-31-20)30-27-14-25-18-34(29(35)15-23(25)13-24(27)16-32-30)26-7-5-11-33(19-26)17-22-6-3-4-8-28(22)36-2/h3-4,6,8-10,12-14,26H,5,7,11,15-19H2,1-2H3/t26-/m1/s1. The van der Waals surface area contributed by atoms with Crippen molar-refractivity contribution in [3.63, 3.8) is 0 Å². The van der Waals surface area contributed by atoms with Crippen molar-refractivity contribution in [3.8, 4) is 5.75 Å². The predicted molar refractivity (Wildman–Crippen MR) is 140 cm³/mol. The fourth-order valence-electron chi connectivity index (χ4n) is 5.96. The molecule has 0 aliphatic carbocycles. The van der Waals surface area contributed by atoms with Gasteiger partial charge in [-0.25, -0.2) is 0 Å². The molecule has 0 saturated carbocycles. The number of aromatic nitrogens is 1. The number of hydrogen-bond donors (Lipinski definition) is 0. The number of piperidine rings is 1. The molecule has 6 rings (SSSR count). The number of methoxy groups -OCH3 is 1. The predicted octanol–water partition coefficient (Wildman–Crippen LogP) is 4.30. The van der Waals surface area contributed by atoms with Crippen LogP contribution in [0.3, 0.4) is 0 Å². The van der Waals surface area contributed by atoms with Crippen LogP contribution in [0.2, 0.25) is 0 Å². The molecule has 2 aromatic carbocycles. The van der Waals surface area contributed by atoms with Crippen molar-refractivity contribution in [3.05, 3.63) is 93.8 Å². The SMILES string of the molecule is COc1ccccc1CN1CCC[C@@H](N2Cc3cc4c(cc3CC2=O)CN=C4c2ccnc(C)c2)C1. The summed E-state index contributed by atoms with van der Waals surface area (Å²) in [7, 11) is 1.73. The van der Waals surface area contributed by atoms with Crippen molar-refractivity contribution in [1.82, 2.24) is 14.8 Å². The number of nitrogens with zero attached hydrogens (tertiary/aromatic N) is 4. The minimum atomic E-state index is 0.235. The Morgan fingerprint density at radius 2 is 1.97 bits per heavy atom. The quantitative estimate of drug-likeness (QED) is 0.546. The third-order valence-electron chi connectivity index (χ3n) is 7.77. The highest BCUT2D eigenvalue weighted by atomic mass is 16.5. The lowest BCUT2D eigenvalue weighted by atomic mass is 9.90. The molecule has 3 aliphatic heterocycles. The van der Waals surface area contributed by atoms with Gasteiger partial charge in [0.1, 0.15) is 5.75 Å². The topological polar surface area (TPSA) is 58.0 Å².